The zero-order valence-corrected chi connectivity index (χ0v) is 16.1. The predicted octanol–water partition coefficient (Wildman–Crippen LogP) is 2.07. The van der Waals surface area contributed by atoms with E-state index >= 15 is 0 Å². The zero-order valence-electron chi connectivity index (χ0n) is 15.3. The summed E-state index contributed by atoms with van der Waals surface area (Å²) < 4.78 is 23.2. The molecule has 1 aliphatic heterocycles. The maximum absolute atomic E-state index is 12.6. The van der Waals surface area contributed by atoms with E-state index in [1.165, 1.54) is 4.90 Å². The zero-order chi connectivity index (χ0) is 20.3. The standard InChI is InChI=1S/C20H19N3O4S/c1-23(18-10-11-28(26,27)13-18)20(25)16-6-4-15(5-7-16)19(24)22-17-8-2-14(12-21)3-9-17/h2-9,18H,10-11,13H2,1H3,(H,22,24). The van der Waals surface area contributed by atoms with Crippen molar-refractivity contribution in [1.29, 1.82) is 5.26 Å². The summed E-state index contributed by atoms with van der Waals surface area (Å²) in [5.74, 6) is -0.524. The Balaban J connectivity index is 1.66. The van der Waals surface area contributed by atoms with Gasteiger partial charge in [0.05, 0.1) is 23.1 Å². The minimum absolute atomic E-state index is 0.0136. The van der Waals surface area contributed by atoms with Gasteiger partial charge >= 0.3 is 0 Å². The second-order valence-corrected chi connectivity index (χ2v) is 8.92. The Morgan fingerprint density at radius 3 is 2.21 bits per heavy atom. The first kappa shape index (κ1) is 19.6. The molecule has 1 fully saturated rings. The monoisotopic (exact) mass is 397 g/mol. The number of rotatable bonds is 4. The minimum Gasteiger partial charge on any atom is -0.338 e. The molecule has 28 heavy (non-hydrogen) atoms. The van der Waals surface area contributed by atoms with Crippen molar-refractivity contribution in [2.45, 2.75) is 12.5 Å². The number of benzene rings is 2. The molecule has 0 aromatic heterocycles. The first-order chi connectivity index (χ1) is 13.3. The summed E-state index contributed by atoms with van der Waals surface area (Å²) in [6, 6.07) is 14.4. The van der Waals surface area contributed by atoms with Crippen molar-refractivity contribution in [1.82, 2.24) is 4.90 Å². The molecule has 3 rings (SSSR count). The van der Waals surface area contributed by atoms with Crippen LogP contribution < -0.4 is 5.32 Å². The first-order valence-electron chi connectivity index (χ1n) is 8.68. The van der Waals surface area contributed by atoms with Crippen LogP contribution in [0.4, 0.5) is 5.69 Å². The fraction of sp³-hybridized carbons (Fsp3) is 0.250. The van der Waals surface area contributed by atoms with Gasteiger partial charge in [-0.1, -0.05) is 0 Å². The van der Waals surface area contributed by atoms with Crippen LogP contribution in [0.15, 0.2) is 48.5 Å². The van der Waals surface area contributed by atoms with Crippen molar-refractivity contribution in [3.63, 3.8) is 0 Å². The van der Waals surface area contributed by atoms with E-state index in [9.17, 15) is 18.0 Å². The number of nitrogens with one attached hydrogen (secondary N) is 1. The molecule has 1 heterocycles. The smallest absolute Gasteiger partial charge is 0.255 e. The fourth-order valence-electron chi connectivity index (χ4n) is 3.05. The Hall–Kier alpha value is -3.18. The number of hydrogen-bond donors (Lipinski definition) is 1. The van der Waals surface area contributed by atoms with E-state index in [1.54, 1.807) is 55.6 Å². The van der Waals surface area contributed by atoms with Crippen LogP contribution in [-0.4, -0.2) is 49.7 Å². The average molecular weight is 397 g/mol. The third-order valence-electron chi connectivity index (χ3n) is 4.74. The molecule has 0 spiro atoms. The van der Waals surface area contributed by atoms with Crippen LogP contribution in [0.2, 0.25) is 0 Å². The van der Waals surface area contributed by atoms with Crippen LogP contribution in [0, 0.1) is 11.3 Å². The van der Waals surface area contributed by atoms with Crippen molar-refractivity contribution < 1.29 is 18.0 Å². The highest BCUT2D eigenvalue weighted by molar-refractivity contribution is 7.91. The van der Waals surface area contributed by atoms with Gasteiger partial charge in [-0.3, -0.25) is 9.59 Å². The second kappa shape index (κ2) is 7.82. The van der Waals surface area contributed by atoms with Gasteiger partial charge in [0, 0.05) is 29.9 Å². The molecule has 2 amide bonds. The topological polar surface area (TPSA) is 107 Å². The molecule has 144 valence electrons. The van der Waals surface area contributed by atoms with E-state index in [2.05, 4.69) is 5.32 Å². The molecule has 1 saturated heterocycles. The maximum atomic E-state index is 12.6. The first-order valence-corrected chi connectivity index (χ1v) is 10.5. The van der Waals surface area contributed by atoms with E-state index in [0.717, 1.165) is 0 Å². The lowest BCUT2D eigenvalue weighted by Crippen LogP contribution is -2.37. The number of carbonyl (C=O) groups excluding carboxylic acids is 2. The lowest BCUT2D eigenvalue weighted by Gasteiger charge is -2.23. The highest BCUT2D eigenvalue weighted by Gasteiger charge is 2.33. The fourth-order valence-corrected chi connectivity index (χ4v) is 4.82. The van der Waals surface area contributed by atoms with Gasteiger partial charge in [-0.15, -0.1) is 0 Å². The van der Waals surface area contributed by atoms with Gasteiger partial charge < -0.3 is 10.2 Å². The Kier molecular flexibility index (Phi) is 5.47. The summed E-state index contributed by atoms with van der Waals surface area (Å²) in [5, 5.41) is 11.5. The highest BCUT2D eigenvalue weighted by Crippen LogP contribution is 2.19. The van der Waals surface area contributed by atoms with E-state index in [4.69, 9.17) is 5.26 Å². The van der Waals surface area contributed by atoms with Gasteiger partial charge in [0.2, 0.25) is 0 Å². The molecule has 2 aromatic carbocycles. The van der Waals surface area contributed by atoms with Crippen molar-refractivity contribution in [2.75, 3.05) is 23.9 Å². The molecule has 7 nitrogen and oxygen atoms in total. The lowest BCUT2D eigenvalue weighted by atomic mass is 10.1. The molecule has 0 saturated carbocycles. The SMILES string of the molecule is CN(C(=O)c1ccc(C(=O)Nc2ccc(C#N)cc2)cc1)C1CCS(=O)(=O)C1. The van der Waals surface area contributed by atoms with Crippen LogP contribution in [0.3, 0.4) is 0 Å². The van der Waals surface area contributed by atoms with Crippen LogP contribution in [0.5, 0.6) is 0 Å². The Labute approximate surface area is 163 Å². The molecular formula is C20H19N3O4S. The summed E-state index contributed by atoms with van der Waals surface area (Å²) in [5.41, 5.74) is 1.83. The molecule has 1 aliphatic rings. The van der Waals surface area contributed by atoms with Crippen molar-refractivity contribution >= 4 is 27.3 Å². The van der Waals surface area contributed by atoms with Crippen molar-refractivity contribution in [2.24, 2.45) is 0 Å². The van der Waals surface area contributed by atoms with E-state index in [0.29, 0.717) is 28.8 Å². The van der Waals surface area contributed by atoms with Gasteiger partial charge in [0.1, 0.15) is 0 Å². The van der Waals surface area contributed by atoms with Gasteiger partial charge in [-0.25, -0.2) is 8.42 Å². The van der Waals surface area contributed by atoms with Crippen molar-refractivity contribution in [3.05, 3.63) is 65.2 Å². The van der Waals surface area contributed by atoms with Crippen LogP contribution in [0.25, 0.3) is 0 Å². The average Bonchev–Trinajstić information content (AvgIpc) is 3.07. The van der Waals surface area contributed by atoms with Crippen molar-refractivity contribution in [3.8, 4) is 6.07 Å². The van der Waals surface area contributed by atoms with Crippen LogP contribution in [-0.2, 0) is 9.84 Å². The predicted molar refractivity (Wildman–Crippen MR) is 105 cm³/mol. The Morgan fingerprint density at radius 1 is 1.07 bits per heavy atom. The van der Waals surface area contributed by atoms with Crippen LogP contribution >= 0.6 is 0 Å². The minimum atomic E-state index is -3.07. The van der Waals surface area contributed by atoms with E-state index < -0.39 is 9.84 Å². The molecule has 1 N–H and O–H groups in total. The Bertz CT molecular complexity index is 1040. The lowest BCUT2D eigenvalue weighted by molar-refractivity contribution is 0.0747. The quantitative estimate of drug-likeness (QED) is 0.850. The normalized spacial score (nSPS) is 17.5. The molecule has 1 unspecified atom stereocenters. The largest absolute Gasteiger partial charge is 0.338 e. The third-order valence-corrected chi connectivity index (χ3v) is 6.49. The molecule has 2 aromatic rings. The number of sulfone groups is 1. The highest BCUT2D eigenvalue weighted by atomic mass is 32.2. The summed E-state index contributed by atoms with van der Waals surface area (Å²) >= 11 is 0. The van der Waals surface area contributed by atoms with Gasteiger partial charge in [0.25, 0.3) is 11.8 Å². The number of hydrogen-bond acceptors (Lipinski definition) is 5. The summed E-state index contributed by atoms with van der Waals surface area (Å²) in [6.07, 6.45) is 0.440. The molecular weight excluding hydrogens is 378 g/mol. The number of nitrogens with zero attached hydrogens (tertiary/aromatic N) is 2. The molecule has 0 aliphatic carbocycles. The van der Waals surface area contributed by atoms with Gasteiger partial charge in [0.15, 0.2) is 9.84 Å². The molecule has 1 atom stereocenters. The van der Waals surface area contributed by atoms with Crippen LogP contribution in [0.1, 0.15) is 32.7 Å². The maximum Gasteiger partial charge on any atom is 0.255 e. The number of amides is 2. The summed E-state index contributed by atoms with van der Waals surface area (Å²) in [6.45, 7) is 0. The number of carbonyl (C=O) groups is 2. The molecule has 0 radical (unpaired) electrons. The van der Waals surface area contributed by atoms with Gasteiger partial charge in [-0.2, -0.15) is 5.26 Å². The summed E-state index contributed by atoms with van der Waals surface area (Å²) in [7, 11) is -1.48. The van der Waals surface area contributed by atoms with Gasteiger partial charge in [-0.05, 0) is 55.0 Å². The summed E-state index contributed by atoms with van der Waals surface area (Å²) in [4.78, 5) is 26.4. The van der Waals surface area contributed by atoms with E-state index in [-0.39, 0.29) is 29.4 Å². The number of anilines is 1. The Morgan fingerprint density at radius 2 is 1.68 bits per heavy atom. The number of nitriles is 1. The molecule has 8 heteroatoms. The third kappa shape index (κ3) is 4.38. The molecule has 0 bridgehead atoms. The van der Waals surface area contributed by atoms with E-state index in [1.807, 2.05) is 6.07 Å². The second-order valence-electron chi connectivity index (χ2n) is 6.69.